The number of carbonyl (C=O) groups excluding carboxylic acids is 1. The highest BCUT2D eigenvalue weighted by Crippen LogP contribution is 2.70. The minimum atomic E-state index is -0.699. The van der Waals surface area contributed by atoms with Crippen molar-refractivity contribution in [3.05, 3.63) is 46.0 Å². The Hall–Kier alpha value is -2.12. The topological polar surface area (TPSA) is 86.0 Å². The third-order valence-electron chi connectivity index (χ3n) is 11.8. The molecule has 1 aromatic rings. The number of carbonyl (C=O) groups is 1. The molecule has 7 nitrogen and oxygen atoms in total. The van der Waals surface area contributed by atoms with Crippen LogP contribution in [-0.4, -0.2) is 65.8 Å². The van der Waals surface area contributed by atoms with Crippen molar-refractivity contribution >= 4 is 6.03 Å². The predicted octanol–water partition coefficient (Wildman–Crippen LogP) is 4.52. The highest BCUT2D eigenvalue weighted by molar-refractivity contribution is 5.75. The van der Waals surface area contributed by atoms with Gasteiger partial charge in [0, 0.05) is 38.2 Å². The van der Waals surface area contributed by atoms with Gasteiger partial charge in [0.05, 0.1) is 17.9 Å². The Morgan fingerprint density at radius 1 is 1.08 bits per heavy atom. The summed E-state index contributed by atoms with van der Waals surface area (Å²) < 4.78 is 5.23. The fraction of sp³-hybridized carbons (Fsp3) is 0.742. The van der Waals surface area contributed by atoms with Crippen LogP contribution in [0.2, 0.25) is 0 Å². The molecule has 0 aromatic carbocycles. The van der Waals surface area contributed by atoms with Gasteiger partial charge in [-0.25, -0.2) is 9.59 Å². The Bertz CT molecular complexity index is 1140. The number of aliphatic hydroxyl groups is 1. The van der Waals surface area contributed by atoms with Crippen LogP contribution >= 0.6 is 0 Å². The van der Waals surface area contributed by atoms with Crippen LogP contribution in [0.4, 0.5) is 4.79 Å². The van der Waals surface area contributed by atoms with E-state index < -0.39 is 5.60 Å². The minimum absolute atomic E-state index is 0.0878. The van der Waals surface area contributed by atoms with Crippen molar-refractivity contribution in [1.82, 2.24) is 15.1 Å². The first kappa shape index (κ1) is 26.1. The molecule has 0 spiro atoms. The van der Waals surface area contributed by atoms with Gasteiger partial charge in [-0.2, -0.15) is 0 Å². The highest BCUT2D eigenvalue weighted by Gasteiger charge is 2.66. The quantitative estimate of drug-likeness (QED) is 0.557. The number of hydrogen-bond donors (Lipinski definition) is 2. The number of fused-ring (bicyclic) bond motifs is 5. The molecule has 1 aromatic heterocycles. The van der Waals surface area contributed by atoms with Gasteiger partial charge in [0.25, 0.3) is 0 Å². The van der Waals surface area contributed by atoms with E-state index in [1.807, 2.05) is 22.9 Å². The van der Waals surface area contributed by atoms with Gasteiger partial charge in [0.15, 0.2) is 0 Å². The number of rotatable bonds is 2. The number of urea groups is 1. The molecule has 208 valence electrons. The van der Waals surface area contributed by atoms with E-state index in [9.17, 15) is 14.7 Å². The first-order chi connectivity index (χ1) is 18.2. The maximum atomic E-state index is 13.3. The number of nitrogens with one attached hydrogen (secondary N) is 1. The zero-order chi connectivity index (χ0) is 26.7. The van der Waals surface area contributed by atoms with Gasteiger partial charge in [-0.05, 0) is 99.1 Å². The molecule has 4 aliphatic carbocycles. The number of hydrogen-bond acceptors (Lipinski definition) is 5. The van der Waals surface area contributed by atoms with Gasteiger partial charge in [-0.1, -0.05) is 25.5 Å². The fourth-order valence-corrected chi connectivity index (χ4v) is 9.49. The molecule has 4 fully saturated rings. The molecule has 0 unspecified atom stereocenters. The normalized spacial score (nSPS) is 40.8. The van der Waals surface area contributed by atoms with E-state index in [1.54, 1.807) is 6.26 Å². The maximum Gasteiger partial charge on any atom is 0.335 e. The van der Waals surface area contributed by atoms with Crippen LogP contribution in [0.5, 0.6) is 0 Å². The predicted molar refractivity (Wildman–Crippen MR) is 147 cm³/mol. The SMILES string of the molecule is CN(C(=O)N1CCCNCC1)[C@@H]1C=C2CC[C@@H]3[C@H](CC[C@]4(C)[C@@H](c5ccc(=O)oc5)CC[C@]34O)[C@@]2(C)CC1. The Kier molecular flexibility index (Phi) is 6.54. The number of allylic oxidation sites excluding steroid dienone is 1. The Morgan fingerprint density at radius 3 is 2.71 bits per heavy atom. The summed E-state index contributed by atoms with van der Waals surface area (Å²) >= 11 is 0. The minimum Gasteiger partial charge on any atom is -0.431 e. The van der Waals surface area contributed by atoms with Gasteiger partial charge in [0.1, 0.15) is 0 Å². The lowest BCUT2D eigenvalue weighted by Gasteiger charge is -2.62. The van der Waals surface area contributed by atoms with E-state index in [4.69, 9.17) is 4.42 Å². The molecule has 0 bridgehead atoms. The maximum absolute atomic E-state index is 13.3. The monoisotopic (exact) mass is 523 g/mol. The summed E-state index contributed by atoms with van der Waals surface area (Å²) in [5.41, 5.74) is 1.43. The highest BCUT2D eigenvalue weighted by atomic mass is 16.4. The molecular formula is C31H45N3O4. The van der Waals surface area contributed by atoms with Crippen LogP contribution in [0.1, 0.15) is 83.1 Å². The molecule has 38 heavy (non-hydrogen) atoms. The molecule has 2 amide bonds. The van der Waals surface area contributed by atoms with Crippen LogP contribution in [0, 0.1) is 22.7 Å². The number of nitrogens with zero attached hydrogens (tertiary/aromatic N) is 2. The number of likely N-dealkylation sites (N-methyl/N-ethyl adjacent to an activating group) is 1. The second-order valence-electron chi connectivity index (χ2n) is 13.3. The molecular weight excluding hydrogens is 478 g/mol. The molecule has 0 radical (unpaired) electrons. The zero-order valence-corrected chi connectivity index (χ0v) is 23.4. The molecule has 6 rings (SSSR count). The summed E-state index contributed by atoms with van der Waals surface area (Å²) in [4.78, 5) is 28.9. The summed E-state index contributed by atoms with van der Waals surface area (Å²) in [5.74, 6) is 0.962. The molecule has 5 aliphatic rings. The molecule has 3 saturated carbocycles. The van der Waals surface area contributed by atoms with Crippen molar-refractivity contribution in [2.45, 2.75) is 89.2 Å². The van der Waals surface area contributed by atoms with Gasteiger partial charge in [-0.15, -0.1) is 0 Å². The lowest BCUT2D eigenvalue weighted by molar-refractivity contribution is -0.177. The fourth-order valence-electron chi connectivity index (χ4n) is 9.49. The van der Waals surface area contributed by atoms with E-state index >= 15 is 0 Å². The first-order valence-electron chi connectivity index (χ1n) is 14.9. The summed E-state index contributed by atoms with van der Waals surface area (Å²) in [6, 6.07) is 3.73. The van der Waals surface area contributed by atoms with Crippen molar-refractivity contribution in [2.24, 2.45) is 22.7 Å². The largest absolute Gasteiger partial charge is 0.431 e. The molecule has 7 atom stereocenters. The van der Waals surface area contributed by atoms with Crippen LogP contribution in [0.25, 0.3) is 0 Å². The van der Waals surface area contributed by atoms with Gasteiger partial charge in [0.2, 0.25) is 0 Å². The average molecular weight is 524 g/mol. The Balaban J connectivity index is 1.22. The Labute approximate surface area is 226 Å². The van der Waals surface area contributed by atoms with Crippen LogP contribution in [0.15, 0.2) is 39.3 Å². The van der Waals surface area contributed by atoms with Crippen molar-refractivity contribution in [3.8, 4) is 0 Å². The Morgan fingerprint density at radius 2 is 1.92 bits per heavy atom. The zero-order valence-electron chi connectivity index (χ0n) is 23.4. The number of amides is 2. The summed E-state index contributed by atoms with van der Waals surface area (Å²) in [7, 11) is 1.98. The van der Waals surface area contributed by atoms with Crippen LogP contribution < -0.4 is 10.9 Å². The van der Waals surface area contributed by atoms with E-state index in [1.165, 1.54) is 11.6 Å². The summed E-state index contributed by atoms with van der Waals surface area (Å²) in [5, 5.41) is 15.9. The standard InChI is InChI=1S/C31H45N3O4/c1-29-12-9-23(33(3)28(36)34-17-4-15-32-16-18-34)19-22(29)6-7-26-25(29)10-13-30(2)24(11-14-31(26,30)37)21-5-8-27(35)38-20-21/h5,8,19-20,23-26,32,37H,4,6-7,9-18H2,1-3H3/t23-,24+,25-,26+,29-,30+,31-/m0/s1. The van der Waals surface area contributed by atoms with Crippen molar-refractivity contribution in [1.29, 1.82) is 0 Å². The molecule has 2 N–H and O–H groups in total. The summed E-state index contributed by atoms with van der Waals surface area (Å²) in [6.07, 6.45) is 13.0. The smallest absolute Gasteiger partial charge is 0.335 e. The molecule has 1 saturated heterocycles. The van der Waals surface area contributed by atoms with Crippen molar-refractivity contribution in [3.63, 3.8) is 0 Å². The van der Waals surface area contributed by atoms with E-state index in [0.717, 1.165) is 89.5 Å². The van der Waals surface area contributed by atoms with E-state index in [0.29, 0.717) is 5.92 Å². The van der Waals surface area contributed by atoms with Crippen molar-refractivity contribution < 1.29 is 14.3 Å². The van der Waals surface area contributed by atoms with Crippen molar-refractivity contribution in [2.75, 3.05) is 33.2 Å². The van der Waals surface area contributed by atoms with E-state index in [2.05, 4.69) is 25.2 Å². The van der Waals surface area contributed by atoms with Gasteiger partial charge in [-0.3, -0.25) is 0 Å². The lowest BCUT2D eigenvalue weighted by Crippen LogP contribution is -2.60. The second-order valence-corrected chi connectivity index (χ2v) is 13.3. The average Bonchev–Trinajstić information content (AvgIpc) is 3.06. The third kappa shape index (κ3) is 3.90. The van der Waals surface area contributed by atoms with E-state index in [-0.39, 0.29) is 40.4 Å². The van der Waals surface area contributed by atoms with Crippen LogP contribution in [-0.2, 0) is 0 Å². The molecule has 7 heteroatoms. The second kappa shape index (κ2) is 9.51. The third-order valence-corrected chi connectivity index (χ3v) is 11.8. The molecule has 2 heterocycles. The van der Waals surface area contributed by atoms with Crippen LogP contribution in [0.3, 0.4) is 0 Å². The first-order valence-corrected chi connectivity index (χ1v) is 14.9. The van der Waals surface area contributed by atoms with Gasteiger partial charge >= 0.3 is 11.7 Å². The van der Waals surface area contributed by atoms with Gasteiger partial charge < -0.3 is 24.6 Å². The molecule has 1 aliphatic heterocycles. The summed E-state index contributed by atoms with van der Waals surface area (Å²) in [6.45, 7) is 8.19. The lowest BCUT2D eigenvalue weighted by atomic mass is 9.45.